The number of likely N-dealkylation sites (N-methyl/N-ethyl adjacent to an activating group) is 1. The first-order valence-electron chi connectivity index (χ1n) is 14.9. The van der Waals surface area contributed by atoms with Gasteiger partial charge in [0, 0.05) is 54.4 Å². The highest BCUT2D eigenvalue weighted by atomic mass is 32.1. The molecule has 11 heteroatoms. The molecule has 1 unspecified atom stereocenters. The molecule has 3 bridgehead atoms. The van der Waals surface area contributed by atoms with Gasteiger partial charge in [0.15, 0.2) is 5.82 Å². The Kier molecular flexibility index (Phi) is 6.71. The minimum Gasteiger partial charge on any atom is -0.355 e. The van der Waals surface area contributed by atoms with Gasteiger partial charge >= 0.3 is 0 Å². The van der Waals surface area contributed by atoms with Gasteiger partial charge in [-0.15, -0.1) is 15.3 Å². The standard InChI is InChI=1S/C28H41N9OS.2H2/c1-2-35-11-13-36(14-12-35)23(28-8-4-7-27(19-28)15-20(16-27)17-28)24(38)31-26-34-33-25(39-26)30-21-6-10-37(18-21)22-5-3-9-29-32-22;;/h3,5,9,20-21,23H,2,4,6-8,10-19H2,1H3,(H,30,33)(H,31,34,38);2*1H/t20?,21-,23-,27?,28?;;/m1../s1. The molecule has 1 spiro atoms. The van der Waals surface area contributed by atoms with E-state index in [9.17, 15) is 4.79 Å². The Morgan fingerprint density at radius 1 is 1.13 bits per heavy atom. The molecule has 4 heterocycles. The highest BCUT2D eigenvalue weighted by Crippen LogP contribution is 2.69. The highest BCUT2D eigenvalue weighted by Gasteiger charge is 2.62. The zero-order valence-electron chi connectivity index (χ0n) is 23.0. The number of nitrogens with one attached hydrogen (secondary N) is 2. The monoisotopic (exact) mass is 555 g/mol. The smallest absolute Gasteiger partial charge is 0.244 e. The molecular weight excluding hydrogens is 510 g/mol. The molecule has 39 heavy (non-hydrogen) atoms. The molecule has 2 aromatic rings. The fourth-order valence-electron chi connectivity index (χ4n) is 8.89. The number of carbonyl (C=O) groups excluding carboxylic acids is 1. The van der Waals surface area contributed by atoms with Crippen LogP contribution in [0.1, 0.15) is 61.1 Å². The summed E-state index contributed by atoms with van der Waals surface area (Å²) in [6, 6.07) is 4.10. The zero-order chi connectivity index (χ0) is 26.5. The van der Waals surface area contributed by atoms with E-state index in [1.807, 2.05) is 12.1 Å². The summed E-state index contributed by atoms with van der Waals surface area (Å²) < 4.78 is 0. The quantitative estimate of drug-likeness (QED) is 0.503. The Hall–Kier alpha value is -2.37. The zero-order valence-corrected chi connectivity index (χ0v) is 23.8. The molecule has 214 valence electrons. The molecule has 0 radical (unpaired) electrons. The number of nitrogens with zero attached hydrogens (tertiary/aromatic N) is 7. The Labute approximate surface area is 237 Å². The lowest BCUT2D eigenvalue weighted by Crippen LogP contribution is -2.65. The van der Waals surface area contributed by atoms with Crippen molar-refractivity contribution in [2.75, 3.05) is 61.3 Å². The molecule has 2 aromatic heterocycles. The molecule has 4 saturated carbocycles. The first-order valence-corrected chi connectivity index (χ1v) is 15.7. The predicted octanol–water partition coefficient (Wildman–Crippen LogP) is 3.82. The molecule has 4 aliphatic carbocycles. The lowest BCUT2D eigenvalue weighted by atomic mass is 9.41. The van der Waals surface area contributed by atoms with Crippen LogP contribution in [-0.2, 0) is 4.79 Å². The molecule has 10 nitrogen and oxygen atoms in total. The lowest BCUT2D eigenvalue weighted by molar-refractivity contribution is -0.165. The molecule has 3 atom stereocenters. The van der Waals surface area contributed by atoms with Crippen molar-refractivity contribution in [2.24, 2.45) is 16.7 Å². The number of hydrogen-bond donors (Lipinski definition) is 2. The molecule has 1 amide bonds. The second-order valence-electron chi connectivity index (χ2n) is 12.8. The number of carbonyl (C=O) groups is 1. The maximum absolute atomic E-state index is 14.2. The lowest BCUT2D eigenvalue weighted by Gasteiger charge is -2.66. The summed E-state index contributed by atoms with van der Waals surface area (Å²) in [5, 5.41) is 25.2. The van der Waals surface area contributed by atoms with E-state index in [2.05, 4.69) is 52.7 Å². The van der Waals surface area contributed by atoms with Crippen molar-refractivity contribution in [3.05, 3.63) is 18.3 Å². The molecule has 6 fully saturated rings. The average Bonchev–Trinajstić information content (AvgIpc) is 3.58. The van der Waals surface area contributed by atoms with Crippen molar-refractivity contribution in [2.45, 2.75) is 70.4 Å². The first kappa shape index (κ1) is 25.6. The van der Waals surface area contributed by atoms with Crippen LogP contribution in [0.15, 0.2) is 18.3 Å². The largest absolute Gasteiger partial charge is 0.355 e. The third kappa shape index (κ3) is 4.91. The van der Waals surface area contributed by atoms with Crippen molar-refractivity contribution in [1.82, 2.24) is 30.2 Å². The number of anilines is 3. The van der Waals surface area contributed by atoms with Crippen molar-refractivity contribution in [3.63, 3.8) is 0 Å². The van der Waals surface area contributed by atoms with Gasteiger partial charge in [-0.2, -0.15) is 5.10 Å². The summed E-state index contributed by atoms with van der Waals surface area (Å²) in [5.41, 5.74) is 0.628. The maximum Gasteiger partial charge on any atom is 0.244 e. The fourth-order valence-corrected chi connectivity index (χ4v) is 9.61. The van der Waals surface area contributed by atoms with E-state index in [-0.39, 0.29) is 26.3 Å². The van der Waals surface area contributed by atoms with Gasteiger partial charge in [0.05, 0.1) is 6.04 Å². The van der Waals surface area contributed by atoms with E-state index in [0.717, 1.165) is 69.1 Å². The average molecular weight is 556 g/mol. The molecule has 8 rings (SSSR count). The summed E-state index contributed by atoms with van der Waals surface area (Å²) in [6.07, 6.45) is 11.8. The Morgan fingerprint density at radius 3 is 2.77 bits per heavy atom. The Morgan fingerprint density at radius 2 is 1.97 bits per heavy atom. The van der Waals surface area contributed by atoms with Crippen LogP contribution in [-0.4, -0.2) is 94.0 Å². The van der Waals surface area contributed by atoms with Gasteiger partial charge in [-0.3, -0.25) is 15.0 Å². The molecule has 2 aliphatic heterocycles. The van der Waals surface area contributed by atoms with Crippen molar-refractivity contribution < 1.29 is 7.65 Å². The van der Waals surface area contributed by atoms with Crippen LogP contribution < -0.4 is 15.5 Å². The molecule has 0 aromatic carbocycles. The number of hydrogen-bond acceptors (Lipinski definition) is 10. The summed E-state index contributed by atoms with van der Waals surface area (Å²) in [7, 11) is 0. The van der Waals surface area contributed by atoms with Crippen LogP contribution in [0, 0.1) is 16.7 Å². The third-order valence-corrected chi connectivity index (χ3v) is 11.1. The van der Waals surface area contributed by atoms with Crippen LogP contribution in [0.3, 0.4) is 0 Å². The van der Waals surface area contributed by atoms with E-state index < -0.39 is 0 Å². The molecular formula is C28H45N9OS. The van der Waals surface area contributed by atoms with Gasteiger partial charge < -0.3 is 15.1 Å². The van der Waals surface area contributed by atoms with E-state index in [1.54, 1.807) is 6.20 Å². The molecule has 2 N–H and O–H groups in total. The molecule has 6 aliphatic rings. The minimum atomic E-state index is -0.0741. The van der Waals surface area contributed by atoms with Crippen molar-refractivity contribution >= 4 is 33.3 Å². The summed E-state index contributed by atoms with van der Waals surface area (Å²) >= 11 is 1.45. The minimum absolute atomic E-state index is 0. The van der Waals surface area contributed by atoms with Crippen molar-refractivity contribution in [1.29, 1.82) is 0 Å². The topological polar surface area (TPSA) is 102 Å². The second kappa shape index (κ2) is 10.2. The van der Waals surface area contributed by atoms with Gasteiger partial charge in [-0.1, -0.05) is 24.7 Å². The number of aromatic nitrogens is 4. The van der Waals surface area contributed by atoms with Crippen LogP contribution >= 0.6 is 11.3 Å². The highest BCUT2D eigenvalue weighted by molar-refractivity contribution is 7.19. The number of piperazine rings is 1. The van der Waals surface area contributed by atoms with Gasteiger partial charge in [0.2, 0.25) is 16.2 Å². The normalized spacial score (nSPS) is 33.4. The van der Waals surface area contributed by atoms with Crippen LogP contribution in [0.2, 0.25) is 0 Å². The van der Waals surface area contributed by atoms with Crippen LogP contribution in [0.4, 0.5) is 16.1 Å². The number of amides is 1. The Bertz CT molecular complexity index is 1170. The van der Waals surface area contributed by atoms with Gasteiger partial charge in [0.1, 0.15) is 0 Å². The number of rotatable bonds is 8. The molecule has 2 saturated heterocycles. The predicted molar refractivity (Wildman–Crippen MR) is 157 cm³/mol. The van der Waals surface area contributed by atoms with Crippen LogP contribution in [0.5, 0.6) is 0 Å². The summed E-state index contributed by atoms with van der Waals surface area (Å²) in [6.45, 7) is 9.12. The first-order chi connectivity index (χ1) is 19.0. The summed E-state index contributed by atoms with van der Waals surface area (Å²) in [4.78, 5) is 21.4. The van der Waals surface area contributed by atoms with Crippen molar-refractivity contribution in [3.8, 4) is 0 Å². The SMILES string of the molecule is CCN1CCN([C@H](C(=O)Nc2nnc(N[C@@H]3CCN(c4cccnn4)C3)s2)C23CCCC4(CC(C4)C2)C3)CC1.[HH].[HH]. The van der Waals surface area contributed by atoms with E-state index in [0.29, 0.717) is 10.5 Å². The van der Waals surface area contributed by atoms with Gasteiger partial charge in [-0.05, 0) is 80.4 Å². The van der Waals surface area contributed by atoms with E-state index in [4.69, 9.17) is 0 Å². The second-order valence-corrected chi connectivity index (χ2v) is 13.8. The maximum atomic E-state index is 14.2. The Balaban J connectivity index is 0.00000169. The van der Waals surface area contributed by atoms with E-state index >= 15 is 0 Å². The fraction of sp³-hybridized carbons (Fsp3) is 0.750. The third-order valence-electron chi connectivity index (χ3n) is 10.3. The van der Waals surface area contributed by atoms with Crippen LogP contribution in [0.25, 0.3) is 0 Å². The summed E-state index contributed by atoms with van der Waals surface area (Å²) in [5.74, 6) is 1.86. The van der Waals surface area contributed by atoms with E-state index in [1.165, 1.54) is 56.3 Å². The van der Waals surface area contributed by atoms with Gasteiger partial charge in [0.25, 0.3) is 0 Å². The van der Waals surface area contributed by atoms with Gasteiger partial charge in [-0.25, -0.2) is 0 Å².